The highest BCUT2D eigenvalue weighted by Gasteiger charge is 2.28. The minimum atomic E-state index is 0.195. The van der Waals surface area contributed by atoms with Crippen LogP contribution in [0.4, 0.5) is 0 Å². The summed E-state index contributed by atoms with van der Waals surface area (Å²) in [4.78, 5) is 11.4. The molecule has 96 valence electrons. The number of ketones is 1. The Hall–Kier alpha value is -1.10. The SMILES string of the molecule is CC1=C(C)C(=O)CC(C)(C)C1.CCCCC#N. The topological polar surface area (TPSA) is 40.9 Å². The molecule has 0 aliphatic heterocycles. The van der Waals surface area contributed by atoms with Gasteiger partial charge in [0.15, 0.2) is 5.78 Å². The minimum absolute atomic E-state index is 0.195. The fourth-order valence-corrected chi connectivity index (χ4v) is 1.97. The van der Waals surface area contributed by atoms with Gasteiger partial charge in [0.05, 0.1) is 6.07 Å². The summed E-state index contributed by atoms with van der Waals surface area (Å²) < 4.78 is 0. The Kier molecular flexibility index (Phi) is 6.80. The molecule has 0 aromatic carbocycles. The normalized spacial score (nSPS) is 18.2. The van der Waals surface area contributed by atoms with Crippen molar-refractivity contribution < 1.29 is 4.79 Å². The van der Waals surface area contributed by atoms with Gasteiger partial charge in [-0.05, 0) is 37.7 Å². The van der Waals surface area contributed by atoms with Gasteiger partial charge in [-0.15, -0.1) is 0 Å². The lowest BCUT2D eigenvalue weighted by atomic mass is 9.74. The van der Waals surface area contributed by atoms with Crippen molar-refractivity contribution in [1.29, 1.82) is 5.26 Å². The second kappa shape index (κ2) is 7.27. The van der Waals surface area contributed by atoms with E-state index < -0.39 is 0 Å². The quantitative estimate of drug-likeness (QED) is 0.665. The lowest BCUT2D eigenvalue weighted by Crippen LogP contribution is -2.23. The molecular formula is C15H25NO. The fourth-order valence-electron chi connectivity index (χ4n) is 1.97. The molecule has 1 rings (SSSR count). The van der Waals surface area contributed by atoms with Crippen LogP contribution in [-0.2, 0) is 4.79 Å². The molecule has 0 saturated heterocycles. The van der Waals surface area contributed by atoms with Gasteiger partial charge < -0.3 is 0 Å². The molecule has 0 heterocycles. The fraction of sp³-hybridized carbons (Fsp3) is 0.733. The number of allylic oxidation sites excluding steroid dienone is 2. The molecule has 1 aliphatic rings. The zero-order valence-corrected chi connectivity index (χ0v) is 11.9. The van der Waals surface area contributed by atoms with Crippen LogP contribution in [-0.4, -0.2) is 5.78 Å². The van der Waals surface area contributed by atoms with E-state index in [9.17, 15) is 4.79 Å². The van der Waals surface area contributed by atoms with Crippen LogP contribution >= 0.6 is 0 Å². The predicted octanol–water partition coefficient (Wildman–Crippen LogP) is 4.41. The summed E-state index contributed by atoms with van der Waals surface area (Å²) in [5.74, 6) is 0.332. The first-order valence-electron chi connectivity index (χ1n) is 6.40. The van der Waals surface area contributed by atoms with Gasteiger partial charge in [-0.3, -0.25) is 4.79 Å². The van der Waals surface area contributed by atoms with Crippen molar-refractivity contribution in [2.24, 2.45) is 5.41 Å². The third-order valence-electron chi connectivity index (χ3n) is 3.08. The van der Waals surface area contributed by atoms with E-state index >= 15 is 0 Å². The van der Waals surface area contributed by atoms with Crippen LogP contribution in [0.2, 0.25) is 0 Å². The lowest BCUT2D eigenvalue weighted by molar-refractivity contribution is -0.118. The van der Waals surface area contributed by atoms with Gasteiger partial charge in [-0.25, -0.2) is 0 Å². The van der Waals surface area contributed by atoms with Crippen LogP contribution < -0.4 is 0 Å². The van der Waals surface area contributed by atoms with Crippen LogP contribution in [0.25, 0.3) is 0 Å². The van der Waals surface area contributed by atoms with Gasteiger partial charge in [-0.2, -0.15) is 5.26 Å². The molecule has 0 aromatic rings. The molecule has 0 saturated carbocycles. The minimum Gasteiger partial charge on any atom is -0.295 e. The monoisotopic (exact) mass is 235 g/mol. The van der Waals surface area contributed by atoms with Crippen LogP contribution in [0.5, 0.6) is 0 Å². The van der Waals surface area contributed by atoms with Gasteiger partial charge in [0.1, 0.15) is 0 Å². The predicted molar refractivity (Wildman–Crippen MR) is 71.5 cm³/mol. The zero-order chi connectivity index (χ0) is 13.5. The molecule has 17 heavy (non-hydrogen) atoms. The molecule has 0 radical (unpaired) electrons. The number of nitrogens with zero attached hydrogens (tertiary/aromatic N) is 1. The molecule has 0 N–H and O–H groups in total. The van der Waals surface area contributed by atoms with Gasteiger partial charge in [0.25, 0.3) is 0 Å². The first kappa shape index (κ1) is 15.9. The smallest absolute Gasteiger partial charge is 0.159 e. The van der Waals surface area contributed by atoms with Gasteiger partial charge in [-0.1, -0.05) is 32.8 Å². The van der Waals surface area contributed by atoms with Crippen LogP contribution in [0.1, 0.15) is 66.7 Å². The average molecular weight is 235 g/mol. The molecule has 0 fully saturated rings. The Morgan fingerprint density at radius 1 is 1.29 bits per heavy atom. The number of carbonyl (C=O) groups is 1. The number of rotatable bonds is 2. The molecule has 2 heteroatoms. The first-order chi connectivity index (χ1) is 7.84. The number of unbranched alkanes of at least 4 members (excludes halogenated alkanes) is 2. The Morgan fingerprint density at radius 2 is 1.88 bits per heavy atom. The molecule has 0 aromatic heterocycles. The summed E-state index contributed by atoms with van der Waals surface area (Å²) in [7, 11) is 0. The van der Waals surface area contributed by atoms with Crippen molar-refractivity contribution in [3.05, 3.63) is 11.1 Å². The van der Waals surface area contributed by atoms with Crippen molar-refractivity contribution in [1.82, 2.24) is 0 Å². The van der Waals surface area contributed by atoms with Gasteiger partial charge in [0, 0.05) is 12.8 Å². The third kappa shape index (κ3) is 6.26. The van der Waals surface area contributed by atoms with Gasteiger partial charge in [0.2, 0.25) is 0 Å². The maximum atomic E-state index is 11.4. The molecule has 0 bridgehead atoms. The van der Waals surface area contributed by atoms with Crippen LogP contribution in [0.15, 0.2) is 11.1 Å². The van der Waals surface area contributed by atoms with Crippen LogP contribution in [0, 0.1) is 16.7 Å². The maximum Gasteiger partial charge on any atom is 0.159 e. The van der Waals surface area contributed by atoms with Gasteiger partial charge >= 0.3 is 0 Å². The standard InChI is InChI=1S/C10H16O.C5H9N/c1-7-5-10(3,4)6-9(11)8(7)2;1-2-3-4-5-6/h5-6H2,1-4H3;2-4H2,1H3. The Labute approximate surface area is 106 Å². The van der Waals surface area contributed by atoms with E-state index in [2.05, 4.69) is 33.8 Å². The summed E-state index contributed by atoms with van der Waals surface area (Å²) in [5, 5.41) is 7.95. The van der Waals surface area contributed by atoms with Crippen LogP contribution in [0.3, 0.4) is 0 Å². The summed E-state index contributed by atoms with van der Waals surface area (Å²) in [5.41, 5.74) is 2.45. The zero-order valence-electron chi connectivity index (χ0n) is 11.9. The molecular weight excluding hydrogens is 210 g/mol. The second-order valence-corrected chi connectivity index (χ2v) is 5.61. The molecule has 0 amide bonds. The van der Waals surface area contributed by atoms with Crippen molar-refractivity contribution in [2.75, 3.05) is 0 Å². The van der Waals surface area contributed by atoms with E-state index in [0.29, 0.717) is 5.78 Å². The summed E-state index contributed by atoms with van der Waals surface area (Å²) in [6.07, 6.45) is 4.70. The van der Waals surface area contributed by atoms with E-state index in [1.165, 1.54) is 5.57 Å². The second-order valence-electron chi connectivity index (χ2n) is 5.61. The number of carbonyl (C=O) groups excluding carboxylic acids is 1. The molecule has 2 nitrogen and oxygen atoms in total. The van der Waals surface area contributed by atoms with Crippen molar-refractivity contribution in [3.63, 3.8) is 0 Å². The highest BCUT2D eigenvalue weighted by molar-refractivity contribution is 5.96. The third-order valence-corrected chi connectivity index (χ3v) is 3.08. The molecule has 1 aliphatic carbocycles. The number of hydrogen-bond acceptors (Lipinski definition) is 2. The Bertz CT molecular complexity index is 331. The molecule has 0 spiro atoms. The highest BCUT2D eigenvalue weighted by atomic mass is 16.1. The van der Waals surface area contributed by atoms with E-state index in [0.717, 1.165) is 37.7 Å². The summed E-state index contributed by atoms with van der Waals surface area (Å²) in [6, 6.07) is 2.07. The maximum absolute atomic E-state index is 11.4. The van der Waals surface area contributed by atoms with Crippen molar-refractivity contribution >= 4 is 5.78 Å². The van der Waals surface area contributed by atoms with Crippen molar-refractivity contribution in [3.8, 4) is 6.07 Å². The Balaban J connectivity index is 0.000000366. The number of nitriles is 1. The molecule has 0 atom stereocenters. The molecule has 0 unspecified atom stereocenters. The van der Waals surface area contributed by atoms with E-state index in [4.69, 9.17) is 5.26 Å². The van der Waals surface area contributed by atoms with Crippen molar-refractivity contribution in [2.45, 2.75) is 66.7 Å². The highest BCUT2D eigenvalue weighted by Crippen LogP contribution is 2.36. The largest absolute Gasteiger partial charge is 0.295 e. The summed E-state index contributed by atoms with van der Waals surface area (Å²) in [6.45, 7) is 10.4. The first-order valence-corrected chi connectivity index (χ1v) is 6.40. The van der Waals surface area contributed by atoms with E-state index in [1.54, 1.807) is 0 Å². The van der Waals surface area contributed by atoms with E-state index in [-0.39, 0.29) is 5.41 Å². The number of Topliss-reactive ketones (excluding diaryl/α,β-unsaturated/α-hetero) is 1. The summed E-state index contributed by atoms with van der Waals surface area (Å²) >= 11 is 0. The lowest BCUT2D eigenvalue weighted by Gasteiger charge is -2.29. The van der Waals surface area contributed by atoms with E-state index in [1.807, 2.05) is 6.92 Å². The average Bonchev–Trinajstić information content (AvgIpc) is 2.23. The Morgan fingerprint density at radius 3 is 2.24 bits per heavy atom. The number of hydrogen-bond donors (Lipinski definition) is 0.